The van der Waals surface area contributed by atoms with Gasteiger partial charge in [-0.3, -0.25) is 29.2 Å². The van der Waals surface area contributed by atoms with E-state index >= 15 is 0 Å². The van der Waals surface area contributed by atoms with Crippen LogP contribution in [0.25, 0.3) is 0 Å². The Morgan fingerprint density at radius 3 is 2.74 bits per heavy atom. The molecule has 1 N–H and O–H groups in total. The first kappa shape index (κ1) is 30.5. The molecule has 3 amide bonds. The lowest BCUT2D eigenvalue weighted by Gasteiger charge is -2.39. The van der Waals surface area contributed by atoms with Crippen LogP contribution in [0.1, 0.15) is 31.2 Å². The van der Waals surface area contributed by atoms with Gasteiger partial charge in [0.25, 0.3) is 11.8 Å². The molecule has 0 aromatic carbocycles. The monoisotopic (exact) mass is 598 g/mol. The molecule has 42 heavy (non-hydrogen) atoms. The Bertz CT molecular complexity index is 1480. The first-order valence-electron chi connectivity index (χ1n) is 12.9. The molecule has 3 heterocycles. The van der Waals surface area contributed by atoms with Crippen molar-refractivity contribution in [2.45, 2.75) is 49.7 Å². The van der Waals surface area contributed by atoms with E-state index in [1.807, 2.05) is 6.07 Å². The number of amides is 3. The predicted molar refractivity (Wildman–Crippen MR) is 149 cm³/mol. The van der Waals surface area contributed by atoms with E-state index in [2.05, 4.69) is 21.9 Å². The number of pyridine rings is 2. The summed E-state index contributed by atoms with van der Waals surface area (Å²) >= 11 is 5.67. The van der Waals surface area contributed by atoms with Crippen molar-refractivity contribution in [3.05, 3.63) is 84.6 Å². The minimum absolute atomic E-state index is 0.0271. The van der Waals surface area contributed by atoms with Crippen LogP contribution < -0.4 is 15.1 Å². The molecule has 1 aliphatic carbocycles. The van der Waals surface area contributed by atoms with E-state index in [-0.39, 0.29) is 41.4 Å². The van der Waals surface area contributed by atoms with Crippen molar-refractivity contribution in [2.75, 3.05) is 15.7 Å². The average molecular weight is 599 g/mol. The molecular formula is C29H26ClF3N6O3. The van der Waals surface area contributed by atoms with Crippen LogP contribution in [0, 0.1) is 17.1 Å². The van der Waals surface area contributed by atoms with Crippen molar-refractivity contribution >= 4 is 40.8 Å². The normalized spacial score (nSPS) is 19.0. The van der Waals surface area contributed by atoms with Crippen LogP contribution in [0.5, 0.6) is 0 Å². The Balaban J connectivity index is 1.78. The van der Waals surface area contributed by atoms with Gasteiger partial charge in [-0.1, -0.05) is 30.9 Å². The highest BCUT2D eigenvalue weighted by molar-refractivity contribution is 6.18. The molecule has 2 aromatic rings. The van der Waals surface area contributed by atoms with Gasteiger partial charge in [-0.25, -0.2) is 18.2 Å². The maximum atomic E-state index is 14.4. The van der Waals surface area contributed by atoms with Crippen LogP contribution in [0.15, 0.2) is 73.2 Å². The number of carbonyl (C=O) groups excluding carboxylic acids is 3. The summed E-state index contributed by atoms with van der Waals surface area (Å²) in [7, 11) is 0. The second-order valence-corrected chi connectivity index (χ2v) is 10.1. The Labute approximate surface area is 245 Å². The lowest BCUT2D eigenvalue weighted by molar-refractivity contribution is -0.132. The molecule has 2 atom stereocenters. The smallest absolute Gasteiger partial charge is 0.252 e. The number of nitriles is 1. The fourth-order valence-corrected chi connectivity index (χ4v) is 4.92. The zero-order valence-electron chi connectivity index (χ0n) is 22.2. The lowest BCUT2D eigenvalue weighted by atomic mass is 9.87. The second kappa shape index (κ2) is 13.0. The quantitative estimate of drug-likeness (QED) is 0.323. The minimum atomic E-state index is -2.92. The van der Waals surface area contributed by atoms with Gasteiger partial charge in [0, 0.05) is 43.4 Å². The summed E-state index contributed by atoms with van der Waals surface area (Å²) in [6, 6.07) is 2.14. The van der Waals surface area contributed by atoms with Crippen molar-refractivity contribution in [3.63, 3.8) is 0 Å². The average Bonchev–Trinajstić information content (AvgIpc) is 3.33. The van der Waals surface area contributed by atoms with E-state index in [4.69, 9.17) is 11.6 Å². The van der Waals surface area contributed by atoms with E-state index in [1.165, 1.54) is 36.7 Å². The van der Waals surface area contributed by atoms with Gasteiger partial charge in [-0.05, 0) is 24.1 Å². The van der Waals surface area contributed by atoms with E-state index in [0.29, 0.717) is 0 Å². The molecule has 2 aromatic heterocycles. The number of hydrogen-bond acceptors (Lipinski definition) is 6. The highest BCUT2D eigenvalue weighted by Crippen LogP contribution is 2.38. The third-order valence-electron chi connectivity index (χ3n) is 6.77. The van der Waals surface area contributed by atoms with Gasteiger partial charge < -0.3 is 5.32 Å². The van der Waals surface area contributed by atoms with Gasteiger partial charge >= 0.3 is 0 Å². The molecule has 0 spiro atoms. The van der Waals surface area contributed by atoms with Crippen molar-refractivity contribution in [3.8, 4) is 6.07 Å². The van der Waals surface area contributed by atoms with Crippen LogP contribution >= 0.6 is 11.6 Å². The highest BCUT2D eigenvalue weighted by atomic mass is 35.5. The van der Waals surface area contributed by atoms with Crippen LogP contribution in [0.4, 0.5) is 24.7 Å². The number of carbonyl (C=O) groups is 3. The number of alkyl halides is 3. The number of nitrogens with zero attached hydrogens (tertiary/aromatic N) is 5. The summed E-state index contributed by atoms with van der Waals surface area (Å²) in [6.45, 7) is 3.95. The summed E-state index contributed by atoms with van der Waals surface area (Å²) in [4.78, 5) is 51.0. The number of hydrogen-bond donors (Lipinski definition) is 1. The maximum Gasteiger partial charge on any atom is 0.252 e. The van der Waals surface area contributed by atoms with Gasteiger partial charge in [0.2, 0.25) is 11.8 Å². The summed E-state index contributed by atoms with van der Waals surface area (Å²) in [5, 5.41) is 11.9. The van der Waals surface area contributed by atoms with Gasteiger partial charge in [-0.15, -0.1) is 11.6 Å². The Morgan fingerprint density at radius 1 is 1.31 bits per heavy atom. The molecule has 218 valence electrons. The Morgan fingerprint density at radius 2 is 2.07 bits per heavy atom. The number of nitrogens with one attached hydrogen (secondary N) is 1. The molecule has 0 radical (unpaired) electrons. The molecule has 13 heteroatoms. The van der Waals surface area contributed by atoms with E-state index in [1.54, 1.807) is 12.2 Å². The molecular weight excluding hydrogens is 573 g/mol. The topological polar surface area (TPSA) is 119 Å². The highest BCUT2D eigenvalue weighted by Gasteiger charge is 2.48. The molecule has 0 bridgehead atoms. The largest absolute Gasteiger partial charge is 0.351 e. The summed E-state index contributed by atoms with van der Waals surface area (Å²) in [5.41, 5.74) is 0.147. The predicted octanol–water partition coefficient (Wildman–Crippen LogP) is 4.21. The first-order valence-corrected chi connectivity index (χ1v) is 13.5. The van der Waals surface area contributed by atoms with Crippen LogP contribution in [0.2, 0.25) is 0 Å². The zero-order valence-corrected chi connectivity index (χ0v) is 23.0. The molecule has 4 rings (SSSR count). The molecule has 1 aliphatic heterocycles. The molecule has 1 saturated heterocycles. The third kappa shape index (κ3) is 6.86. The Kier molecular flexibility index (Phi) is 9.42. The first-order chi connectivity index (χ1) is 20.0. The molecule has 2 fully saturated rings. The fraction of sp³-hybridized carbons (Fsp3) is 0.310. The fourth-order valence-electron chi connectivity index (χ4n) is 4.82. The van der Waals surface area contributed by atoms with Crippen LogP contribution in [0.3, 0.4) is 0 Å². The molecule has 1 saturated carbocycles. The summed E-state index contributed by atoms with van der Waals surface area (Å²) in [6.07, 6.45) is 8.39. The van der Waals surface area contributed by atoms with Gasteiger partial charge in [0.05, 0.1) is 29.7 Å². The van der Waals surface area contributed by atoms with Crippen molar-refractivity contribution in [1.29, 1.82) is 5.26 Å². The zero-order chi connectivity index (χ0) is 30.4. The maximum absolute atomic E-state index is 14.4. The molecule has 9 nitrogen and oxygen atoms in total. The number of aromatic nitrogens is 2. The van der Waals surface area contributed by atoms with Crippen molar-refractivity contribution < 1.29 is 27.6 Å². The summed E-state index contributed by atoms with van der Waals surface area (Å²) in [5.74, 6) is -5.54. The molecule has 1 unspecified atom stereocenters. The number of rotatable bonds is 10. The van der Waals surface area contributed by atoms with Gasteiger partial charge in [0.15, 0.2) is 0 Å². The number of allylic oxidation sites excluding steroid dienone is 3. The van der Waals surface area contributed by atoms with Crippen molar-refractivity contribution in [2.24, 2.45) is 0 Å². The lowest BCUT2D eigenvalue weighted by Crippen LogP contribution is -2.59. The van der Waals surface area contributed by atoms with Gasteiger partial charge in [0.1, 0.15) is 23.7 Å². The van der Waals surface area contributed by atoms with E-state index in [9.17, 15) is 32.8 Å². The minimum Gasteiger partial charge on any atom is -0.351 e. The van der Waals surface area contributed by atoms with E-state index < -0.39 is 60.4 Å². The third-order valence-corrected chi connectivity index (χ3v) is 6.94. The second-order valence-electron chi connectivity index (χ2n) is 9.79. The van der Waals surface area contributed by atoms with Crippen LogP contribution in [-0.2, 0) is 14.4 Å². The van der Waals surface area contributed by atoms with E-state index in [0.717, 1.165) is 22.1 Å². The SMILES string of the molecule is C=C(/C=C\C=C/CCl)C(C(=O)NC1CC(F)(F)C1)N(C(=O)[C@@H]1CCC(=O)N1c1cc(C#N)ccn1)c1cncc(F)c1. The Hall–Kier alpha value is -4.50. The van der Waals surface area contributed by atoms with Crippen LogP contribution in [-0.4, -0.2) is 57.6 Å². The van der Waals surface area contributed by atoms with Gasteiger partial charge in [-0.2, -0.15) is 5.26 Å². The summed E-state index contributed by atoms with van der Waals surface area (Å²) < 4.78 is 41.5. The number of halogens is 4. The molecule has 2 aliphatic rings. The number of anilines is 2. The standard InChI is InChI=1S/C29H26ClF3N6O3/c1-18(5-3-2-4-9-30)26(27(41)37-21-13-29(32,33)14-21)38(22-12-20(31)16-35-17-22)28(42)23-6-7-25(40)39(23)24-11-19(15-34)8-10-36-24/h2-5,8,10-12,16-17,21,23,26H,1,6-7,9,13-14H2,(H,37,41)/b4-2-,5-3-/t23-,26?/m0/s1. The van der Waals surface area contributed by atoms with Crippen molar-refractivity contribution in [1.82, 2.24) is 15.3 Å².